The number of aliphatic carboxylic acids is 1. The Balaban J connectivity index is 2.03. The summed E-state index contributed by atoms with van der Waals surface area (Å²) in [6, 6.07) is 18.5. The maximum absolute atomic E-state index is 12.8. The number of benzene rings is 2. The molecular weight excluding hydrogens is 478 g/mol. The molecule has 202 valence electrons. The Morgan fingerprint density at radius 3 is 2.26 bits per heavy atom. The fourth-order valence-electron chi connectivity index (χ4n) is 4.28. The van der Waals surface area contributed by atoms with Crippen LogP contribution in [0.5, 0.6) is 0 Å². The van der Waals surface area contributed by atoms with Gasteiger partial charge in [-0.25, -0.2) is 4.99 Å². The Kier molecular flexibility index (Phi) is 9.88. The first-order valence-electron chi connectivity index (χ1n) is 13.1. The second-order valence-electron chi connectivity index (χ2n) is 10.5. The quantitative estimate of drug-likeness (QED) is 0.245. The van der Waals surface area contributed by atoms with Crippen molar-refractivity contribution in [2.75, 3.05) is 7.05 Å². The minimum Gasteiger partial charge on any atom is -0.481 e. The number of aryl methyl sites for hydroxylation is 1. The molecule has 0 fully saturated rings. The molecule has 0 radical (unpaired) electrons. The first-order valence-corrected chi connectivity index (χ1v) is 13.1. The summed E-state index contributed by atoms with van der Waals surface area (Å²) in [4.78, 5) is 29.6. The topological polar surface area (TPSA) is 92.9 Å². The lowest BCUT2D eigenvalue weighted by Crippen LogP contribution is -2.41. The van der Waals surface area contributed by atoms with E-state index >= 15 is 0 Å². The molecule has 0 saturated carbocycles. The molecule has 0 aliphatic carbocycles. The molecular formula is C31H39N3O4. The van der Waals surface area contributed by atoms with Crippen LogP contribution in [-0.4, -0.2) is 40.5 Å². The van der Waals surface area contributed by atoms with Gasteiger partial charge >= 0.3 is 5.97 Å². The molecule has 1 amide bonds. The van der Waals surface area contributed by atoms with Gasteiger partial charge in [0, 0.05) is 19.4 Å². The van der Waals surface area contributed by atoms with Gasteiger partial charge in [-0.3, -0.25) is 9.59 Å². The number of likely N-dealkylation sites (N-methyl/N-ethyl adjacent to an activating group) is 1. The molecule has 3 rings (SSSR count). The third kappa shape index (κ3) is 7.81. The highest BCUT2D eigenvalue weighted by Crippen LogP contribution is 2.28. The van der Waals surface area contributed by atoms with Crippen molar-refractivity contribution in [3.63, 3.8) is 0 Å². The number of hydrogen-bond donors (Lipinski definition) is 2. The van der Waals surface area contributed by atoms with Crippen LogP contribution in [0.3, 0.4) is 0 Å². The number of aromatic nitrogens is 1. The number of carboxylic acids is 1. The molecule has 0 unspecified atom stereocenters. The molecule has 0 aliphatic heterocycles. The molecule has 7 heteroatoms. The zero-order valence-corrected chi connectivity index (χ0v) is 23.0. The number of ether oxygens (including phenoxy) is 1. The molecule has 1 aromatic heterocycles. The highest BCUT2D eigenvalue weighted by Gasteiger charge is 2.33. The predicted octanol–water partition coefficient (Wildman–Crippen LogP) is 5.90. The first-order chi connectivity index (χ1) is 18.1. The normalized spacial score (nSPS) is 13.6. The number of carbonyl (C=O) groups excluding carboxylic acids is 1. The SMILES string of the molecule is CCCc1ccc(-c2ccn([C@H](CC(=O)O)C(=N[C@H](C(=O)NC)C(C)(C)C)OCc3ccccc3)c2)cc1. The molecule has 2 N–H and O–H groups in total. The number of rotatable bonds is 11. The van der Waals surface area contributed by atoms with E-state index in [-0.39, 0.29) is 24.8 Å². The van der Waals surface area contributed by atoms with Crippen molar-refractivity contribution >= 4 is 17.8 Å². The van der Waals surface area contributed by atoms with Crippen molar-refractivity contribution in [2.45, 2.75) is 65.6 Å². The molecule has 0 saturated heterocycles. The van der Waals surface area contributed by atoms with Crippen LogP contribution in [0.1, 0.15) is 57.7 Å². The number of hydrogen-bond acceptors (Lipinski definition) is 4. The molecule has 2 atom stereocenters. The molecule has 7 nitrogen and oxygen atoms in total. The van der Waals surface area contributed by atoms with Gasteiger partial charge in [0.2, 0.25) is 11.8 Å². The lowest BCUT2D eigenvalue weighted by atomic mass is 9.86. The highest BCUT2D eigenvalue weighted by molar-refractivity contribution is 5.89. The van der Waals surface area contributed by atoms with Crippen molar-refractivity contribution in [2.24, 2.45) is 10.4 Å². The summed E-state index contributed by atoms with van der Waals surface area (Å²) < 4.78 is 8.03. The van der Waals surface area contributed by atoms with Crippen LogP contribution in [0.2, 0.25) is 0 Å². The third-order valence-electron chi connectivity index (χ3n) is 6.35. The predicted molar refractivity (Wildman–Crippen MR) is 151 cm³/mol. The van der Waals surface area contributed by atoms with Gasteiger partial charge in [-0.2, -0.15) is 0 Å². The summed E-state index contributed by atoms with van der Waals surface area (Å²) in [7, 11) is 1.57. The van der Waals surface area contributed by atoms with E-state index in [2.05, 4.69) is 36.5 Å². The van der Waals surface area contributed by atoms with Crippen molar-refractivity contribution < 1.29 is 19.4 Å². The zero-order chi connectivity index (χ0) is 27.7. The Hall–Kier alpha value is -3.87. The van der Waals surface area contributed by atoms with Crippen molar-refractivity contribution in [3.8, 4) is 11.1 Å². The van der Waals surface area contributed by atoms with Gasteiger partial charge in [0.1, 0.15) is 18.7 Å². The van der Waals surface area contributed by atoms with Crippen LogP contribution in [0.4, 0.5) is 0 Å². The number of carboxylic acid groups (broad SMARTS) is 1. The van der Waals surface area contributed by atoms with E-state index in [1.54, 1.807) is 7.05 Å². The van der Waals surface area contributed by atoms with Crippen LogP contribution < -0.4 is 5.32 Å². The van der Waals surface area contributed by atoms with E-state index in [0.717, 1.165) is 29.5 Å². The van der Waals surface area contributed by atoms with Gasteiger partial charge in [0.25, 0.3) is 0 Å². The molecule has 2 aromatic carbocycles. The van der Waals surface area contributed by atoms with E-state index in [4.69, 9.17) is 9.73 Å². The third-order valence-corrected chi connectivity index (χ3v) is 6.35. The Labute approximate surface area is 225 Å². The van der Waals surface area contributed by atoms with Crippen LogP contribution in [-0.2, 0) is 27.4 Å². The van der Waals surface area contributed by atoms with Crippen LogP contribution in [0, 0.1) is 5.41 Å². The van der Waals surface area contributed by atoms with E-state index in [0.29, 0.717) is 0 Å². The fraction of sp³-hybridized carbons (Fsp3) is 0.387. The molecule has 0 aliphatic rings. The summed E-state index contributed by atoms with van der Waals surface area (Å²) >= 11 is 0. The van der Waals surface area contributed by atoms with Crippen molar-refractivity contribution in [1.29, 1.82) is 0 Å². The standard InChI is InChI=1S/C31H39N3O4/c1-6-10-22-13-15-24(16-14-22)25-17-18-34(20-25)26(19-27(35)36)30(38-21-23-11-8-7-9-12-23)33-28(29(37)32-5)31(2,3)4/h7-9,11-18,20,26,28H,6,10,19,21H2,1-5H3,(H,32,37)(H,35,36)/t26-,28-/m1/s1. The largest absolute Gasteiger partial charge is 0.481 e. The smallest absolute Gasteiger partial charge is 0.305 e. The number of nitrogens with zero attached hydrogens (tertiary/aromatic N) is 2. The summed E-state index contributed by atoms with van der Waals surface area (Å²) in [6.07, 6.45) is 5.62. The lowest BCUT2D eigenvalue weighted by Gasteiger charge is -2.28. The van der Waals surface area contributed by atoms with Gasteiger partial charge in [-0.15, -0.1) is 0 Å². The summed E-state index contributed by atoms with van der Waals surface area (Å²) in [5, 5.41) is 12.5. The highest BCUT2D eigenvalue weighted by atomic mass is 16.5. The van der Waals surface area contributed by atoms with Gasteiger partial charge in [0.15, 0.2) is 0 Å². The Morgan fingerprint density at radius 2 is 1.68 bits per heavy atom. The minimum absolute atomic E-state index is 0.202. The Morgan fingerprint density at radius 1 is 1.00 bits per heavy atom. The van der Waals surface area contributed by atoms with E-state index in [1.165, 1.54) is 5.56 Å². The second-order valence-corrected chi connectivity index (χ2v) is 10.5. The van der Waals surface area contributed by atoms with E-state index in [9.17, 15) is 14.7 Å². The maximum atomic E-state index is 12.8. The summed E-state index contributed by atoms with van der Waals surface area (Å²) in [5.74, 6) is -1.04. The van der Waals surface area contributed by atoms with Crippen LogP contribution in [0.15, 0.2) is 78.0 Å². The first kappa shape index (κ1) is 28.7. The van der Waals surface area contributed by atoms with Gasteiger partial charge in [-0.05, 0) is 40.2 Å². The average molecular weight is 518 g/mol. The minimum atomic E-state index is -0.988. The average Bonchev–Trinajstić information content (AvgIpc) is 3.38. The maximum Gasteiger partial charge on any atom is 0.305 e. The monoisotopic (exact) mass is 517 g/mol. The summed E-state index contributed by atoms with van der Waals surface area (Å²) in [6.45, 7) is 8.13. The molecule has 3 aromatic rings. The van der Waals surface area contributed by atoms with Gasteiger partial charge < -0.3 is 19.7 Å². The number of amides is 1. The van der Waals surface area contributed by atoms with E-state index < -0.39 is 23.5 Å². The molecule has 0 bridgehead atoms. The molecule has 0 spiro atoms. The molecule has 1 heterocycles. The lowest BCUT2D eigenvalue weighted by molar-refractivity contribution is -0.137. The molecule has 38 heavy (non-hydrogen) atoms. The van der Waals surface area contributed by atoms with Crippen molar-refractivity contribution in [3.05, 3.63) is 84.2 Å². The van der Waals surface area contributed by atoms with Crippen LogP contribution in [0.25, 0.3) is 11.1 Å². The van der Waals surface area contributed by atoms with Crippen LogP contribution >= 0.6 is 0 Å². The van der Waals surface area contributed by atoms with Gasteiger partial charge in [0.05, 0.1) is 6.42 Å². The summed E-state index contributed by atoms with van der Waals surface area (Å²) in [5.41, 5.74) is 3.69. The van der Waals surface area contributed by atoms with Gasteiger partial charge in [-0.1, -0.05) is 88.7 Å². The Bertz CT molecular complexity index is 1220. The fourth-order valence-corrected chi connectivity index (χ4v) is 4.28. The number of nitrogens with one attached hydrogen (secondary N) is 1. The zero-order valence-electron chi connectivity index (χ0n) is 23.0. The van der Waals surface area contributed by atoms with Crippen molar-refractivity contribution in [1.82, 2.24) is 9.88 Å². The second kappa shape index (κ2) is 13.1. The van der Waals surface area contributed by atoms with E-state index in [1.807, 2.05) is 74.1 Å². The number of aliphatic imine (C=N–C) groups is 1. The number of carbonyl (C=O) groups is 2.